The molecule has 1 N–H and O–H groups in total. The van der Waals surface area contributed by atoms with Crippen LogP contribution < -0.4 is 10.1 Å². The molecule has 2 aromatic rings. The van der Waals surface area contributed by atoms with Gasteiger partial charge in [-0.1, -0.05) is 0 Å². The molecule has 1 heterocycles. The number of nitro benzene ring substituents is 1. The zero-order valence-electron chi connectivity index (χ0n) is 13.7. The molecule has 1 aromatic heterocycles. The maximum atomic E-state index is 12.4. The highest BCUT2D eigenvalue weighted by atomic mass is 16.6. The summed E-state index contributed by atoms with van der Waals surface area (Å²) in [6, 6.07) is 3.92. The summed E-state index contributed by atoms with van der Waals surface area (Å²) in [6.07, 6.45) is 0. The minimum atomic E-state index is -0.873. The second kappa shape index (κ2) is 6.95. The van der Waals surface area contributed by atoms with E-state index in [1.165, 1.54) is 32.2 Å². The van der Waals surface area contributed by atoms with Gasteiger partial charge < -0.3 is 10.1 Å². The molecule has 0 spiro atoms. The molecule has 0 aliphatic carbocycles. The molecule has 0 saturated heterocycles. The highest BCUT2D eigenvalue weighted by molar-refractivity contribution is 6.07. The lowest BCUT2D eigenvalue weighted by molar-refractivity contribution is -0.385. The summed E-state index contributed by atoms with van der Waals surface area (Å²) < 4.78 is 6.25. The van der Waals surface area contributed by atoms with Crippen molar-refractivity contribution in [2.75, 3.05) is 11.9 Å². The number of amides is 1. The zero-order valence-corrected chi connectivity index (χ0v) is 13.7. The number of nitro groups is 2. The predicted molar refractivity (Wildman–Crippen MR) is 86.8 cm³/mol. The number of ether oxygens (including phenoxy) is 1. The number of rotatable bonds is 6. The van der Waals surface area contributed by atoms with E-state index in [0.29, 0.717) is 6.61 Å². The first-order valence-corrected chi connectivity index (χ1v) is 7.16. The molecule has 0 unspecified atom stereocenters. The molecule has 2 rings (SSSR count). The van der Waals surface area contributed by atoms with E-state index in [9.17, 15) is 25.0 Å². The fourth-order valence-corrected chi connectivity index (χ4v) is 2.33. The van der Waals surface area contributed by atoms with Crippen molar-refractivity contribution in [2.24, 2.45) is 7.05 Å². The average Bonchev–Trinajstić information content (AvgIpc) is 2.83. The van der Waals surface area contributed by atoms with Crippen molar-refractivity contribution in [3.63, 3.8) is 0 Å². The molecule has 0 saturated carbocycles. The van der Waals surface area contributed by atoms with Crippen LogP contribution in [-0.4, -0.2) is 32.1 Å². The third-order valence-corrected chi connectivity index (χ3v) is 3.31. The minimum absolute atomic E-state index is 0.0684. The quantitative estimate of drug-likeness (QED) is 0.622. The molecule has 0 atom stereocenters. The van der Waals surface area contributed by atoms with E-state index in [0.717, 1.165) is 4.68 Å². The first-order chi connectivity index (χ1) is 11.8. The zero-order chi connectivity index (χ0) is 18.7. The lowest BCUT2D eigenvalue weighted by Crippen LogP contribution is -2.18. The first-order valence-electron chi connectivity index (χ1n) is 7.16. The van der Waals surface area contributed by atoms with Gasteiger partial charge in [0, 0.05) is 7.05 Å². The van der Waals surface area contributed by atoms with Crippen LogP contribution in [0.4, 0.5) is 17.1 Å². The molecule has 1 amide bonds. The highest BCUT2D eigenvalue weighted by Gasteiger charge is 2.30. The highest BCUT2D eigenvalue weighted by Crippen LogP contribution is 2.30. The maximum Gasteiger partial charge on any atom is 0.322 e. The van der Waals surface area contributed by atoms with Crippen molar-refractivity contribution in [3.05, 3.63) is 49.8 Å². The lowest BCUT2D eigenvalue weighted by Gasteiger charge is -2.08. The molecule has 0 radical (unpaired) electrons. The Hall–Kier alpha value is -3.50. The molecule has 0 aliphatic rings. The van der Waals surface area contributed by atoms with Crippen LogP contribution >= 0.6 is 0 Å². The number of nitrogens with one attached hydrogen (secondary N) is 1. The second-order valence-corrected chi connectivity index (χ2v) is 4.99. The van der Waals surface area contributed by atoms with E-state index in [4.69, 9.17) is 4.74 Å². The average molecular weight is 349 g/mol. The Morgan fingerprint density at radius 1 is 1.32 bits per heavy atom. The summed E-state index contributed by atoms with van der Waals surface area (Å²) in [5, 5.41) is 28.5. The molecular formula is C14H15N5O6. The number of anilines is 1. The Bertz CT molecular complexity index is 860. The van der Waals surface area contributed by atoms with Crippen LogP contribution in [0.1, 0.15) is 23.1 Å². The van der Waals surface area contributed by atoms with Crippen LogP contribution in [0.5, 0.6) is 5.75 Å². The number of benzene rings is 1. The van der Waals surface area contributed by atoms with E-state index in [-0.39, 0.29) is 28.5 Å². The summed E-state index contributed by atoms with van der Waals surface area (Å²) in [5.41, 5.74) is -1.18. The Morgan fingerprint density at radius 2 is 2.00 bits per heavy atom. The maximum absolute atomic E-state index is 12.4. The van der Waals surface area contributed by atoms with Gasteiger partial charge in [0.1, 0.15) is 17.1 Å². The van der Waals surface area contributed by atoms with Gasteiger partial charge in [-0.3, -0.25) is 29.7 Å². The van der Waals surface area contributed by atoms with E-state index in [1.807, 2.05) is 0 Å². The van der Waals surface area contributed by atoms with Crippen molar-refractivity contribution in [1.82, 2.24) is 9.78 Å². The van der Waals surface area contributed by atoms with Crippen LogP contribution in [0.3, 0.4) is 0 Å². The predicted octanol–water partition coefficient (Wildman–Crippen LogP) is 2.20. The van der Waals surface area contributed by atoms with E-state index in [2.05, 4.69) is 10.4 Å². The Labute approximate surface area is 141 Å². The molecule has 25 heavy (non-hydrogen) atoms. The lowest BCUT2D eigenvalue weighted by atomic mass is 10.2. The molecule has 0 fully saturated rings. The number of aryl methyl sites for hydroxylation is 2. The summed E-state index contributed by atoms with van der Waals surface area (Å²) in [7, 11) is 1.38. The molecule has 0 bridgehead atoms. The van der Waals surface area contributed by atoms with Gasteiger partial charge in [-0.2, -0.15) is 5.10 Å². The fourth-order valence-electron chi connectivity index (χ4n) is 2.33. The van der Waals surface area contributed by atoms with Crippen molar-refractivity contribution < 1.29 is 19.4 Å². The van der Waals surface area contributed by atoms with Crippen LogP contribution in [0.2, 0.25) is 0 Å². The summed E-state index contributed by atoms with van der Waals surface area (Å²) in [4.78, 5) is 33.4. The normalized spacial score (nSPS) is 10.4. The number of nitrogens with zero attached hydrogens (tertiary/aromatic N) is 4. The molecular weight excluding hydrogens is 334 g/mol. The largest absolute Gasteiger partial charge is 0.494 e. The van der Waals surface area contributed by atoms with Gasteiger partial charge in [-0.05, 0) is 26.0 Å². The summed E-state index contributed by atoms with van der Waals surface area (Å²) in [6.45, 7) is 3.45. The molecule has 11 heteroatoms. The Kier molecular flexibility index (Phi) is 4.96. The Morgan fingerprint density at radius 3 is 2.56 bits per heavy atom. The number of hydrogen-bond donors (Lipinski definition) is 1. The van der Waals surface area contributed by atoms with Crippen LogP contribution in [0.15, 0.2) is 18.2 Å². The number of aromatic nitrogens is 2. The van der Waals surface area contributed by atoms with Gasteiger partial charge in [0.25, 0.3) is 11.6 Å². The summed E-state index contributed by atoms with van der Waals surface area (Å²) >= 11 is 0. The number of carbonyl (C=O) groups is 1. The van der Waals surface area contributed by atoms with Crippen molar-refractivity contribution in [3.8, 4) is 5.75 Å². The topological polar surface area (TPSA) is 142 Å². The number of carbonyl (C=O) groups excluding carboxylic acids is 1. The minimum Gasteiger partial charge on any atom is -0.494 e. The van der Waals surface area contributed by atoms with Crippen LogP contribution in [0.25, 0.3) is 0 Å². The first kappa shape index (κ1) is 17.8. The van der Waals surface area contributed by atoms with E-state index >= 15 is 0 Å². The van der Waals surface area contributed by atoms with Gasteiger partial charge in [0.2, 0.25) is 5.69 Å². The molecule has 11 nitrogen and oxygen atoms in total. The van der Waals surface area contributed by atoms with Crippen molar-refractivity contribution >= 4 is 23.0 Å². The molecule has 1 aromatic carbocycles. The third kappa shape index (κ3) is 3.54. The standard InChI is InChI=1S/C14H15N5O6/c1-4-25-9-5-6-10(11(7-9)18(21)22)15-14(20)13-12(19(23)24)8(2)16-17(13)3/h5-7H,4H2,1-3H3,(H,15,20). The van der Waals surface area contributed by atoms with E-state index < -0.39 is 21.4 Å². The van der Waals surface area contributed by atoms with Crippen molar-refractivity contribution in [2.45, 2.75) is 13.8 Å². The van der Waals surface area contributed by atoms with Gasteiger partial charge in [0.15, 0.2) is 0 Å². The van der Waals surface area contributed by atoms with Gasteiger partial charge in [-0.25, -0.2) is 0 Å². The summed E-state index contributed by atoms with van der Waals surface area (Å²) in [5.74, 6) is -0.600. The monoisotopic (exact) mass is 349 g/mol. The van der Waals surface area contributed by atoms with Gasteiger partial charge >= 0.3 is 5.69 Å². The van der Waals surface area contributed by atoms with Gasteiger partial charge in [0.05, 0.1) is 22.5 Å². The van der Waals surface area contributed by atoms with Crippen molar-refractivity contribution in [1.29, 1.82) is 0 Å². The SMILES string of the molecule is CCOc1ccc(NC(=O)c2c([N+](=O)[O-])c(C)nn2C)c([N+](=O)[O-])c1. The van der Waals surface area contributed by atoms with E-state index in [1.54, 1.807) is 6.92 Å². The second-order valence-electron chi connectivity index (χ2n) is 4.99. The Balaban J connectivity index is 2.42. The molecule has 0 aliphatic heterocycles. The van der Waals surface area contributed by atoms with Gasteiger partial charge in [-0.15, -0.1) is 0 Å². The number of hydrogen-bond acceptors (Lipinski definition) is 7. The fraction of sp³-hybridized carbons (Fsp3) is 0.286. The third-order valence-electron chi connectivity index (χ3n) is 3.31. The smallest absolute Gasteiger partial charge is 0.322 e. The van der Waals surface area contributed by atoms with Crippen LogP contribution in [0, 0.1) is 27.2 Å². The molecule has 132 valence electrons. The van der Waals surface area contributed by atoms with Crippen LogP contribution in [-0.2, 0) is 7.05 Å².